The van der Waals surface area contributed by atoms with Crippen molar-refractivity contribution in [2.45, 2.75) is 45.8 Å². The summed E-state index contributed by atoms with van der Waals surface area (Å²) in [4.78, 5) is 0. The molecule has 0 bridgehead atoms. The lowest BCUT2D eigenvalue weighted by atomic mass is 9.80. The van der Waals surface area contributed by atoms with Gasteiger partial charge in [0.2, 0.25) is 0 Å². The number of hydrogen-bond acceptors (Lipinski definition) is 2. The summed E-state index contributed by atoms with van der Waals surface area (Å²) in [5.41, 5.74) is 0.514. The second-order valence-electron chi connectivity index (χ2n) is 5.79. The molecule has 1 fully saturated rings. The molecule has 1 aliphatic rings. The topological polar surface area (TPSA) is 21.3 Å². The maximum atomic E-state index is 12.6. The summed E-state index contributed by atoms with van der Waals surface area (Å²) in [6, 6.07) is 3.42. The summed E-state index contributed by atoms with van der Waals surface area (Å²) < 4.78 is 30.2. The minimum atomic E-state index is -2.87. The second kappa shape index (κ2) is 7.14. The molecule has 21 heavy (non-hydrogen) atoms. The lowest BCUT2D eigenvalue weighted by molar-refractivity contribution is -0.0499. The average molecular weight is 383 g/mol. The fourth-order valence-corrected chi connectivity index (χ4v) is 3.71. The third-order valence-electron chi connectivity index (χ3n) is 4.01. The fraction of sp³-hybridized carbons (Fsp3) is 0.600. The van der Waals surface area contributed by atoms with Gasteiger partial charge in [0.05, 0.1) is 10.2 Å². The second-order valence-corrected chi connectivity index (χ2v) is 7.08. The Balaban J connectivity index is 2.25. The number of rotatable bonds is 4. The zero-order chi connectivity index (χ0) is 15.6. The minimum Gasteiger partial charge on any atom is -0.431 e. The molecule has 6 heteroatoms. The summed E-state index contributed by atoms with van der Waals surface area (Å²) in [6.07, 6.45) is 3.35. The maximum absolute atomic E-state index is 12.6. The normalized spacial score (nSPS) is 26.0. The van der Waals surface area contributed by atoms with E-state index in [1.54, 1.807) is 12.1 Å². The molecule has 2 nitrogen and oxygen atoms in total. The van der Waals surface area contributed by atoms with Gasteiger partial charge in [0, 0.05) is 11.1 Å². The van der Waals surface area contributed by atoms with Crippen LogP contribution in [0.5, 0.6) is 5.75 Å². The predicted molar refractivity (Wildman–Crippen MR) is 85.4 cm³/mol. The molecule has 1 aromatic carbocycles. The number of hydrogen-bond donors (Lipinski definition) is 1. The van der Waals surface area contributed by atoms with Gasteiger partial charge in [-0.15, -0.1) is 0 Å². The van der Waals surface area contributed by atoms with Crippen molar-refractivity contribution >= 4 is 33.2 Å². The van der Waals surface area contributed by atoms with Crippen LogP contribution >= 0.6 is 27.5 Å². The minimum absolute atomic E-state index is 0.111. The van der Waals surface area contributed by atoms with Crippen LogP contribution in [0.15, 0.2) is 16.6 Å². The van der Waals surface area contributed by atoms with E-state index in [4.69, 9.17) is 11.6 Å². The molecule has 0 aliphatic heterocycles. The van der Waals surface area contributed by atoms with Crippen molar-refractivity contribution in [3.63, 3.8) is 0 Å². The van der Waals surface area contributed by atoms with Gasteiger partial charge in [0.1, 0.15) is 0 Å². The van der Waals surface area contributed by atoms with Crippen molar-refractivity contribution in [2.24, 2.45) is 11.8 Å². The summed E-state index contributed by atoms with van der Waals surface area (Å²) in [5.74, 6) is 1.22. The number of benzene rings is 1. The van der Waals surface area contributed by atoms with Crippen molar-refractivity contribution in [3.8, 4) is 5.75 Å². The van der Waals surface area contributed by atoms with Crippen molar-refractivity contribution in [1.82, 2.24) is 0 Å². The molecule has 3 atom stereocenters. The fourth-order valence-electron chi connectivity index (χ4n) is 2.81. The Bertz CT molecular complexity index is 501. The van der Waals surface area contributed by atoms with E-state index in [-0.39, 0.29) is 11.8 Å². The third kappa shape index (κ3) is 4.46. The van der Waals surface area contributed by atoms with E-state index in [1.165, 1.54) is 6.42 Å². The van der Waals surface area contributed by atoms with Gasteiger partial charge < -0.3 is 10.1 Å². The van der Waals surface area contributed by atoms with Crippen LogP contribution in [0.2, 0.25) is 5.02 Å². The van der Waals surface area contributed by atoms with Gasteiger partial charge in [-0.2, -0.15) is 8.78 Å². The summed E-state index contributed by atoms with van der Waals surface area (Å²) >= 11 is 9.26. The molecule has 1 N–H and O–H groups in total. The summed E-state index contributed by atoms with van der Waals surface area (Å²) in [7, 11) is 0. The van der Waals surface area contributed by atoms with Crippen molar-refractivity contribution in [2.75, 3.05) is 5.32 Å². The average Bonchev–Trinajstić information content (AvgIpc) is 2.37. The lowest BCUT2D eigenvalue weighted by Gasteiger charge is -2.34. The molecule has 1 saturated carbocycles. The standard InChI is InChI=1S/C15H19BrClF2NO/c1-8-3-4-9(2)12(5-8)20-13-7-10(17)6-11(16)14(13)21-15(18)19/h6-9,12,15,20H,3-5H2,1-2H3. The van der Waals surface area contributed by atoms with E-state index in [0.29, 0.717) is 27.0 Å². The van der Waals surface area contributed by atoms with Crippen LogP contribution in [-0.2, 0) is 0 Å². The summed E-state index contributed by atoms with van der Waals surface area (Å²) in [6.45, 7) is 1.52. The van der Waals surface area contributed by atoms with E-state index in [9.17, 15) is 8.78 Å². The predicted octanol–water partition coefficient (Wildman–Crippen LogP) is 5.94. The Hall–Kier alpha value is -0.550. The maximum Gasteiger partial charge on any atom is 0.387 e. The van der Waals surface area contributed by atoms with E-state index in [1.807, 2.05) is 0 Å². The third-order valence-corrected chi connectivity index (χ3v) is 4.82. The first-order valence-corrected chi connectivity index (χ1v) is 8.24. The molecule has 2 rings (SSSR count). The molecule has 0 aromatic heterocycles. The lowest BCUT2D eigenvalue weighted by Crippen LogP contribution is -2.33. The van der Waals surface area contributed by atoms with Gasteiger partial charge in [-0.25, -0.2) is 0 Å². The monoisotopic (exact) mass is 381 g/mol. The van der Waals surface area contributed by atoms with Gasteiger partial charge in [-0.3, -0.25) is 0 Å². The molecule has 0 heterocycles. The molecular formula is C15H19BrClF2NO. The SMILES string of the molecule is CC1CCC(C)C(Nc2cc(Cl)cc(Br)c2OC(F)F)C1. The number of ether oxygens (including phenoxy) is 1. The van der Waals surface area contributed by atoms with Gasteiger partial charge >= 0.3 is 6.61 Å². The molecule has 1 aromatic rings. The van der Waals surface area contributed by atoms with Crippen LogP contribution < -0.4 is 10.1 Å². The van der Waals surface area contributed by atoms with Gasteiger partial charge in [0.15, 0.2) is 5.75 Å². The van der Waals surface area contributed by atoms with Crippen LogP contribution in [0.25, 0.3) is 0 Å². The molecule has 0 radical (unpaired) electrons. The van der Waals surface area contributed by atoms with E-state index in [2.05, 4.69) is 39.8 Å². The van der Waals surface area contributed by atoms with E-state index in [0.717, 1.165) is 12.8 Å². The van der Waals surface area contributed by atoms with Gasteiger partial charge in [0.25, 0.3) is 0 Å². The van der Waals surface area contributed by atoms with Crippen LogP contribution in [0.1, 0.15) is 33.1 Å². The Labute approximate surface area is 137 Å². The zero-order valence-electron chi connectivity index (χ0n) is 12.0. The van der Waals surface area contributed by atoms with Gasteiger partial charge in [-0.05, 0) is 52.7 Å². The molecular weight excluding hydrogens is 364 g/mol. The molecule has 0 spiro atoms. The first kappa shape index (κ1) is 16.8. The molecule has 1 aliphatic carbocycles. The first-order chi connectivity index (χ1) is 9.86. The highest BCUT2D eigenvalue weighted by atomic mass is 79.9. The number of anilines is 1. The Kier molecular flexibility index (Phi) is 5.72. The van der Waals surface area contributed by atoms with E-state index < -0.39 is 6.61 Å². The molecule has 0 saturated heterocycles. The summed E-state index contributed by atoms with van der Waals surface area (Å²) in [5, 5.41) is 3.82. The largest absolute Gasteiger partial charge is 0.431 e. The number of nitrogens with one attached hydrogen (secondary N) is 1. The van der Waals surface area contributed by atoms with Crippen LogP contribution in [-0.4, -0.2) is 12.7 Å². The first-order valence-electron chi connectivity index (χ1n) is 7.07. The van der Waals surface area contributed by atoms with Crippen molar-refractivity contribution < 1.29 is 13.5 Å². The highest BCUT2D eigenvalue weighted by molar-refractivity contribution is 9.10. The number of halogens is 4. The van der Waals surface area contributed by atoms with Crippen LogP contribution in [0.3, 0.4) is 0 Å². The van der Waals surface area contributed by atoms with Crippen LogP contribution in [0.4, 0.5) is 14.5 Å². The quantitative estimate of drug-likeness (QED) is 0.695. The zero-order valence-corrected chi connectivity index (χ0v) is 14.3. The smallest absolute Gasteiger partial charge is 0.387 e. The highest BCUT2D eigenvalue weighted by Crippen LogP contribution is 2.40. The molecule has 3 unspecified atom stereocenters. The Morgan fingerprint density at radius 3 is 2.71 bits per heavy atom. The van der Waals surface area contributed by atoms with Crippen molar-refractivity contribution in [1.29, 1.82) is 0 Å². The van der Waals surface area contributed by atoms with E-state index >= 15 is 0 Å². The van der Waals surface area contributed by atoms with Crippen LogP contribution in [0, 0.1) is 11.8 Å². The van der Waals surface area contributed by atoms with Crippen molar-refractivity contribution in [3.05, 3.63) is 21.6 Å². The Morgan fingerprint density at radius 1 is 1.33 bits per heavy atom. The molecule has 0 amide bonds. The molecule has 118 valence electrons. The Morgan fingerprint density at radius 2 is 2.05 bits per heavy atom. The highest BCUT2D eigenvalue weighted by Gasteiger charge is 2.27. The number of alkyl halides is 2. The van der Waals surface area contributed by atoms with Gasteiger partial charge in [-0.1, -0.05) is 31.9 Å².